The molecular weight excluding hydrogens is 331 g/mol. The van der Waals surface area contributed by atoms with Crippen molar-refractivity contribution >= 4 is 34.8 Å². The van der Waals surface area contributed by atoms with Crippen molar-refractivity contribution in [3.63, 3.8) is 0 Å². The second-order valence-electron chi connectivity index (χ2n) is 5.63. The molecule has 23 heavy (non-hydrogen) atoms. The van der Waals surface area contributed by atoms with Gasteiger partial charge in [-0.05, 0) is 35.7 Å². The van der Waals surface area contributed by atoms with E-state index in [4.69, 9.17) is 23.2 Å². The Morgan fingerprint density at radius 1 is 1.13 bits per heavy atom. The first-order chi connectivity index (χ1) is 11.1. The van der Waals surface area contributed by atoms with Gasteiger partial charge in [-0.25, -0.2) is 0 Å². The standard InChI is InChI=1S/C18H18Cl2N2O/c19-15-5-6-16(20)17(11-15)21-9-7-18(23)22-10-8-13-3-1-2-4-14(13)12-22/h1-6,11,21H,7-10,12H2. The molecule has 1 aliphatic heterocycles. The van der Waals surface area contributed by atoms with Crippen LogP contribution in [0.4, 0.5) is 5.69 Å². The summed E-state index contributed by atoms with van der Waals surface area (Å²) < 4.78 is 0. The lowest BCUT2D eigenvalue weighted by atomic mass is 10.00. The fraction of sp³-hybridized carbons (Fsp3) is 0.278. The van der Waals surface area contributed by atoms with Crippen LogP contribution in [0.15, 0.2) is 42.5 Å². The minimum Gasteiger partial charge on any atom is -0.383 e. The number of nitrogens with one attached hydrogen (secondary N) is 1. The van der Waals surface area contributed by atoms with E-state index in [9.17, 15) is 4.79 Å². The third-order valence-electron chi connectivity index (χ3n) is 4.07. The van der Waals surface area contributed by atoms with Gasteiger partial charge < -0.3 is 10.2 Å². The van der Waals surface area contributed by atoms with Crippen LogP contribution in [0.3, 0.4) is 0 Å². The molecule has 2 aromatic rings. The van der Waals surface area contributed by atoms with Crippen molar-refractivity contribution < 1.29 is 4.79 Å². The molecule has 0 radical (unpaired) electrons. The molecule has 1 aliphatic rings. The van der Waals surface area contributed by atoms with Crippen LogP contribution >= 0.6 is 23.2 Å². The number of hydrogen-bond acceptors (Lipinski definition) is 2. The predicted molar refractivity (Wildman–Crippen MR) is 95.1 cm³/mol. The molecule has 1 heterocycles. The summed E-state index contributed by atoms with van der Waals surface area (Å²) in [6, 6.07) is 13.6. The van der Waals surface area contributed by atoms with Gasteiger partial charge in [0.05, 0.1) is 10.7 Å². The van der Waals surface area contributed by atoms with E-state index < -0.39 is 0 Å². The van der Waals surface area contributed by atoms with Crippen LogP contribution in [-0.2, 0) is 17.8 Å². The van der Waals surface area contributed by atoms with E-state index in [1.54, 1.807) is 18.2 Å². The Morgan fingerprint density at radius 3 is 2.74 bits per heavy atom. The number of fused-ring (bicyclic) bond motifs is 1. The summed E-state index contributed by atoms with van der Waals surface area (Å²) in [5.74, 6) is 0.158. The summed E-state index contributed by atoms with van der Waals surface area (Å²) in [7, 11) is 0. The van der Waals surface area contributed by atoms with Gasteiger partial charge in [-0.15, -0.1) is 0 Å². The highest BCUT2D eigenvalue weighted by Gasteiger charge is 2.19. The Labute approximate surface area is 146 Å². The second-order valence-corrected chi connectivity index (χ2v) is 6.48. The van der Waals surface area contributed by atoms with Gasteiger partial charge in [-0.1, -0.05) is 47.5 Å². The molecule has 0 saturated heterocycles. The molecule has 0 saturated carbocycles. The van der Waals surface area contributed by atoms with E-state index in [1.165, 1.54) is 11.1 Å². The minimum absolute atomic E-state index is 0.158. The van der Waals surface area contributed by atoms with Crippen LogP contribution in [-0.4, -0.2) is 23.9 Å². The zero-order valence-electron chi connectivity index (χ0n) is 12.7. The average Bonchev–Trinajstić information content (AvgIpc) is 2.57. The zero-order chi connectivity index (χ0) is 16.2. The van der Waals surface area contributed by atoms with Gasteiger partial charge in [0.15, 0.2) is 0 Å². The van der Waals surface area contributed by atoms with E-state index in [-0.39, 0.29) is 5.91 Å². The highest BCUT2D eigenvalue weighted by Crippen LogP contribution is 2.25. The molecule has 0 fully saturated rings. The van der Waals surface area contributed by atoms with Crippen LogP contribution in [0.25, 0.3) is 0 Å². The van der Waals surface area contributed by atoms with Gasteiger partial charge in [-0.2, -0.15) is 0 Å². The molecule has 0 unspecified atom stereocenters. The van der Waals surface area contributed by atoms with Crippen LogP contribution < -0.4 is 5.32 Å². The molecule has 2 aromatic carbocycles. The van der Waals surface area contributed by atoms with Gasteiger partial charge in [0.1, 0.15) is 0 Å². The molecule has 1 N–H and O–H groups in total. The lowest BCUT2D eigenvalue weighted by molar-refractivity contribution is -0.131. The third-order valence-corrected chi connectivity index (χ3v) is 4.63. The number of halogens is 2. The first kappa shape index (κ1) is 16.2. The highest BCUT2D eigenvalue weighted by atomic mass is 35.5. The van der Waals surface area contributed by atoms with Crippen molar-refractivity contribution in [3.05, 3.63) is 63.6 Å². The van der Waals surface area contributed by atoms with Crippen molar-refractivity contribution in [2.24, 2.45) is 0 Å². The first-order valence-corrected chi connectivity index (χ1v) is 8.42. The summed E-state index contributed by atoms with van der Waals surface area (Å²) in [6.45, 7) is 2.03. The molecule has 3 rings (SSSR count). The molecular formula is C18H18Cl2N2O. The molecule has 0 aromatic heterocycles. The zero-order valence-corrected chi connectivity index (χ0v) is 14.2. The van der Waals surface area contributed by atoms with Crippen LogP contribution in [0.1, 0.15) is 17.5 Å². The molecule has 3 nitrogen and oxygen atoms in total. The van der Waals surface area contributed by atoms with Gasteiger partial charge >= 0.3 is 0 Å². The van der Waals surface area contributed by atoms with E-state index in [1.807, 2.05) is 11.0 Å². The van der Waals surface area contributed by atoms with Gasteiger partial charge in [0, 0.05) is 31.1 Å². The van der Waals surface area contributed by atoms with Crippen LogP contribution in [0.5, 0.6) is 0 Å². The Balaban J connectivity index is 1.53. The second kappa shape index (κ2) is 7.24. The fourth-order valence-corrected chi connectivity index (χ4v) is 3.16. The molecule has 0 aliphatic carbocycles. The van der Waals surface area contributed by atoms with E-state index in [0.29, 0.717) is 29.6 Å². The van der Waals surface area contributed by atoms with E-state index in [0.717, 1.165) is 18.7 Å². The van der Waals surface area contributed by atoms with E-state index >= 15 is 0 Å². The number of nitrogens with zero attached hydrogens (tertiary/aromatic N) is 1. The largest absolute Gasteiger partial charge is 0.383 e. The molecule has 0 atom stereocenters. The molecule has 0 spiro atoms. The van der Waals surface area contributed by atoms with E-state index in [2.05, 4.69) is 23.5 Å². The number of hydrogen-bond donors (Lipinski definition) is 1. The molecule has 120 valence electrons. The SMILES string of the molecule is O=C(CCNc1cc(Cl)ccc1Cl)N1CCc2ccccc2C1. The number of benzene rings is 2. The Hall–Kier alpha value is -1.71. The van der Waals surface area contributed by atoms with Gasteiger partial charge in [0.25, 0.3) is 0 Å². The number of carbonyl (C=O) groups is 1. The number of amides is 1. The average molecular weight is 349 g/mol. The lowest BCUT2D eigenvalue weighted by Crippen LogP contribution is -2.36. The summed E-state index contributed by atoms with van der Waals surface area (Å²) in [5, 5.41) is 4.41. The monoisotopic (exact) mass is 348 g/mol. The summed E-state index contributed by atoms with van der Waals surface area (Å²) in [6.07, 6.45) is 1.36. The van der Waals surface area contributed by atoms with Crippen LogP contribution in [0, 0.1) is 0 Å². The molecule has 0 bridgehead atoms. The Kier molecular flexibility index (Phi) is 5.09. The minimum atomic E-state index is 0.158. The van der Waals surface area contributed by atoms with Crippen molar-refractivity contribution in [2.75, 3.05) is 18.4 Å². The number of anilines is 1. The van der Waals surface area contributed by atoms with Crippen LogP contribution in [0.2, 0.25) is 10.0 Å². The van der Waals surface area contributed by atoms with Crippen molar-refractivity contribution in [3.8, 4) is 0 Å². The maximum Gasteiger partial charge on any atom is 0.224 e. The predicted octanol–water partition coefficient (Wildman–Crippen LogP) is 4.38. The number of rotatable bonds is 4. The summed E-state index contributed by atoms with van der Waals surface area (Å²) >= 11 is 12.1. The smallest absolute Gasteiger partial charge is 0.224 e. The third kappa shape index (κ3) is 3.98. The first-order valence-electron chi connectivity index (χ1n) is 7.67. The fourth-order valence-electron chi connectivity index (χ4n) is 2.80. The maximum absolute atomic E-state index is 12.4. The topological polar surface area (TPSA) is 32.3 Å². The summed E-state index contributed by atoms with van der Waals surface area (Å²) in [4.78, 5) is 14.3. The van der Waals surface area contributed by atoms with Crippen molar-refractivity contribution in [2.45, 2.75) is 19.4 Å². The maximum atomic E-state index is 12.4. The van der Waals surface area contributed by atoms with Crippen molar-refractivity contribution in [1.82, 2.24) is 4.90 Å². The Bertz CT molecular complexity index is 718. The lowest BCUT2D eigenvalue weighted by Gasteiger charge is -2.29. The van der Waals surface area contributed by atoms with Gasteiger partial charge in [-0.3, -0.25) is 4.79 Å². The summed E-state index contributed by atoms with van der Waals surface area (Å²) in [5.41, 5.74) is 3.36. The molecule has 5 heteroatoms. The molecule has 1 amide bonds. The highest BCUT2D eigenvalue weighted by molar-refractivity contribution is 6.35. The quantitative estimate of drug-likeness (QED) is 0.888. The van der Waals surface area contributed by atoms with Crippen molar-refractivity contribution in [1.29, 1.82) is 0 Å². The Morgan fingerprint density at radius 2 is 1.91 bits per heavy atom. The normalized spacial score (nSPS) is 13.6. The number of carbonyl (C=O) groups excluding carboxylic acids is 1. The van der Waals surface area contributed by atoms with Gasteiger partial charge in [0.2, 0.25) is 5.91 Å².